The fraction of sp³-hybridized carbons (Fsp3) is 0.333. The first-order chi connectivity index (χ1) is 11.9. The Morgan fingerprint density at radius 3 is 2.00 bits per heavy atom. The van der Waals surface area contributed by atoms with Gasteiger partial charge in [0.15, 0.2) is 0 Å². The van der Waals surface area contributed by atoms with Crippen molar-refractivity contribution in [3.05, 3.63) is 93.4 Å². The van der Waals surface area contributed by atoms with Gasteiger partial charge in [0.1, 0.15) is 8.07 Å². The van der Waals surface area contributed by atoms with Gasteiger partial charge in [-0.2, -0.15) is 0 Å². The van der Waals surface area contributed by atoms with Gasteiger partial charge in [0.05, 0.1) is 0 Å². The molecule has 128 valence electrons. The van der Waals surface area contributed by atoms with Crippen LogP contribution >= 0.6 is 0 Å². The third-order valence-corrected chi connectivity index (χ3v) is 9.78. The number of allylic oxidation sites excluding steroid dienone is 16. The van der Waals surface area contributed by atoms with E-state index in [1.54, 1.807) is 27.1 Å². The summed E-state index contributed by atoms with van der Waals surface area (Å²) in [4.78, 5) is 0. The summed E-state index contributed by atoms with van der Waals surface area (Å²) in [5, 5.41) is 3.26. The van der Waals surface area contributed by atoms with Crippen molar-refractivity contribution in [3.8, 4) is 0 Å². The van der Waals surface area contributed by atoms with Crippen LogP contribution in [0.15, 0.2) is 93.4 Å². The molecule has 2 atom stereocenters. The number of fused-ring (bicyclic) bond motifs is 2. The van der Waals surface area contributed by atoms with Crippen molar-refractivity contribution in [1.82, 2.24) is 0 Å². The molecule has 0 aromatic heterocycles. The van der Waals surface area contributed by atoms with Crippen LogP contribution in [0.2, 0.25) is 13.1 Å². The molecule has 1 heteroatoms. The molecule has 0 radical (unpaired) electrons. The maximum atomic E-state index is 2.56. The van der Waals surface area contributed by atoms with E-state index < -0.39 is 8.07 Å². The summed E-state index contributed by atoms with van der Waals surface area (Å²) in [7, 11) is -1.75. The Balaban J connectivity index is 1.86. The third kappa shape index (κ3) is 2.48. The maximum absolute atomic E-state index is 2.56. The molecule has 0 nitrogen and oxygen atoms in total. The van der Waals surface area contributed by atoms with E-state index >= 15 is 0 Å². The summed E-state index contributed by atoms with van der Waals surface area (Å²) < 4.78 is 0. The fourth-order valence-electron chi connectivity index (χ4n) is 4.78. The van der Waals surface area contributed by atoms with E-state index in [1.807, 2.05) is 0 Å². The van der Waals surface area contributed by atoms with E-state index in [4.69, 9.17) is 0 Å². The highest BCUT2D eigenvalue weighted by atomic mass is 28.3. The van der Waals surface area contributed by atoms with Crippen molar-refractivity contribution in [2.24, 2.45) is 17.8 Å². The lowest BCUT2D eigenvalue weighted by Crippen LogP contribution is -2.32. The molecule has 0 bridgehead atoms. The molecule has 0 spiro atoms. The summed E-state index contributed by atoms with van der Waals surface area (Å²) >= 11 is 0. The lowest BCUT2D eigenvalue weighted by Gasteiger charge is -2.28. The first-order valence-corrected chi connectivity index (χ1v) is 12.5. The van der Waals surface area contributed by atoms with Crippen LogP contribution in [0.1, 0.15) is 20.8 Å². The van der Waals surface area contributed by atoms with Crippen LogP contribution in [-0.2, 0) is 0 Å². The Morgan fingerprint density at radius 1 is 0.800 bits per heavy atom. The molecular weight excluding hydrogens is 316 g/mol. The molecule has 25 heavy (non-hydrogen) atoms. The van der Waals surface area contributed by atoms with Gasteiger partial charge < -0.3 is 0 Å². The second-order valence-corrected chi connectivity index (χ2v) is 12.8. The monoisotopic (exact) mass is 344 g/mol. The molecule has 0 aromatic rings. The number of hydrogen-bond donors (Lipinski definition) is 0. The van der Waals surface area contributed by atoms with Crippen molar-refractivity contribution in [3.63, 3.8) is 0 Å². The molecular formula is C24H28Si. The summed E-state index contributed by atoms with van der Waals surface area (Å²) in [5.74, 6) is 1.61. The third-order valence-electron chi connectivity index (χ3n) is 6.22. The zero-order valence-corrected chi connectivity index (χ0v) is 17.0. The van der Waals surface area contributed by atoms with Crippen molar-refractivity contribution in [2.75, 3.05) is 0 Å². The second kappa shape index (κ2) is 5.84. The van der Waals surface area contributed by atoms with Crippen LogP contribution in [0, 0.1) is 17.8 Å². The number of hydrogen-bond acceptors (Lipinski definition) is 0. The van der Waals surface area contributed by atoms with Gasteiger partial charge in [-0.3, -0.25) is 0 Å². The minimum Gasteiger partial charge on any atom is -0.0730 e. The number of rotatable bonds is 3. The first-order valence-electron chi connectivity index (χ1n) is 9.50. The lowest BCUT2D eigenvalue weighted by atomic mass is 9.86. The molecule has 0 amide bonds. The zero-order chi connectivity index (χ0) is 17.8. The van der Waals surface area contributed by atoms with Gasteiger partial charge in [0.2, 0.25) is 0 Å². The van der Waals surface area contributed by atoms with E-state index in [2.05, 4.69) is 94.6 Å². The lowest BCUT2D eigenvalue weighted by molar-refractivity contribution is 0.694. The van der Waals surface area contributed by atoms with E-state index in [-0.39, 0.29) is 0 Å². The summed E-state index contributed by atoms with van der Waals surface area (Å²) in [6.07, 6.45) is 23.3. The minimum atomic E-state index is -1.75. The highest BCUT2D eigenvalue weighted by Crippen LogP contribution is 2.47. The quantitative estimate of drug-likeness (QED) is 0.519. The van der Waals surface area contributed by atoms with Crippen LogP contribution in [0.3, 0.4) is 0 Å². The van der Waals surface area contributed by atoms with Gasteiger partial charge in [0.25, 0.3) is 0 Å². The van der Waals surface area contributed by atoms with Gasteiger partial charge in [-0.15, -0.1) is 0 Å². The second-order valence-electron chi connectivity index (χ2n) is 8.49. The van der Waals surface area contributed by atoms with Gasteiger partial charge in [-0.25, -0.2) is 0 Å². The van der Waals surface area contributed by atoms with Crippen LogP contribution in [0.5, 0.6) is 0 Å². The maximum Gasteiger partial charge on any atom is 0.113 e. The SMILES string of the molecule is CC1=CC([Si](C)(C)C2=C3C=CC=CC3C(C(C)C)=C2)=C2C=CC=CC12. The summed E-state index contributed by atoms with van der Waals surface area (Å²) in [5.41, 5.74) is 6.19. The van der Waals surface area contributed by atoms with Crippen molar-refractivity contribution >= 4 is 8.07 Å². The Hall–Kier alpha value is -1.86. The molecule has 0 aliphatic heterocycles. The topological polar surface area (TPSA) is 0 Å². The molecule has 0 heterocycles. The smallest absolute Gasteiger partial charge is 0.0730 e. The Bertz CT molecular complexity index is 860. The predicted octanol–water partition coefficient (Wildman–Crippen LogP) is 6.41. The van der Waals surface area contributed by atoms with Gasteiger partial charge in [-0.1, -0.05) is 109 Å². The van der Waals surface area contributed by atoms with E-state index in [0.717, 1.165) is 0 Å². The molecule has 0 fully saturated rings. The fourth-order valence-corrected chi connectivity index (χ4v) is 8.11. The summed E-state index contributed by atoms with van der Waals surface area (Å²) in [6, 6.07) is 0. The molecule has 0 aromatic carbocycles. The molecule has 0 saturated heterocycles. The predicted molar refractivity (Wildman–Crippen MR) is 112 cm³/mol. The molecule has 4 aliphatic rings. The Kier molecular flexibility index (Phi) is 3.88. The minimum absolute atomic E-state index is 0.501. The molecule has 4 rings (SSSR count). The molecule has 2 unspecified atom stereocenters. The van der Waals surface area contributed by atoms with Gasteiger partial charge in [0, 0.05) is 11.8 Å². The van der Waals surface area contributed by atoms with Crippen molar-refractivity contribution < 1.29 is 0 Å². The van der Waals surface area contributed by atoms with Crippen LogP contribution in [0.4, 0.5) is 0 Å². The molecule has 0 N–H and O–H groups in total. The van der Waals surface area contributed by atoms with Gasteiger partial charge in [-0.05, 0) is 24.0 Å². The van der Waals surface area contributed by atoms with E-state index in [1.165, 1.54) is 5.57 Å². The average molecular weight is 345 g/mol. The van der Waals surface area contributed by atoms with Crippen molar-refractivity contribution in [1.29, 1.82) is 0 Å². The van der Waals surface area contributed by atoms with Crippen molar-refractivity contribution in [2.45, 2.75) is 33.9 Å². The van der Waals surface area contributed by atoms with Crippen LogP contribution in [-0.4, -0.2) is 8.07 Å². The normalized spacial score (nSPS) is 27.3. The standard InChI is InChI=1S/C24H28Si/c1-16(2)22-15-24(21-13-9-7-11-19(21)22)25(4,5)23-14-17(3)18-10-6-8-12-20(18)23/h6-16,18-19H,1-5H3. The van der Waals surface area contributed by atoms with E-state index in [9.17, 15) is 0 Å². The van der Waals surface area contributed by atoms with Crippen LogP contribution in [0.25, 0.3) is 0 Å². The molecule has 4 aliphatic carbocycles. The highest BCUT2D eigenvalue weighted by Gasteiger charge is 2.40. The largest absolute Gasteiger partial charge is 0.113 e. The Labute approximate surface area is 153 Å². The first kappa shape index (κ1) is 16.6. The van der Waals surface area contributed by atoms with Gasteiger partial charge >= 0.3 is 0 Å². The highest BCUT2D eigenvalue weighted by molar-refractivity contribution is 6.92. The summed E-state index contributed by atoms with van der Waals surface area (Å²) in [6.45, 7) is 12.0. The Morgan fingerprint density at radius 2 is 1.36 bits per heavy atom. The molecule has 0 saturated carbocycles. The van der Waals surface area contributed by atoms with Crippen LogP contribution < -0.4 is 0 Å². The average Bonchev–Trinajstić information content (AvgIpc) is 3.15. The zero-order valence-electron chi connectivity index (χ0n) is 16.0. The van der Waals surface area contributed by atoms with E-state index in [0.29, 0.717) is 17.8 Å².